The summed E-state index contributed by atoms with van der Waals surface area (Å²) in [5, 5.41) is 3.59. The number of fused-ring (bicyclic) bond motifs is 4. The first kappa shape index (κ1) is 24.8. The van der Waals surface area contributed by atoms with Gasteiger partial charge in [0.2, 0.25) is 0 Å². The van der Waals surface area contributed by atoms with E-state index < -0.39 is 0 Å². The van der Waals surface area contributed by atoms with E-state index in [1.807, 2.05) is 65.0 Å². The lowest BCUT2D eigenvalue weighted by atomic mass is 9.95. The van der Waals surface area contributed by atoms with Crippen molar-refractivity contribution in [3.05, 3.63) is 72.6 Å². The van der Waals surface area contributed by atoms with Crippen LogP contribution in [0.15, 0.2) is 67.0 Å². The normalized spacial score (nSPS) is 18.4. The van der Waals surface area contributed by atoms with E-state index in [-0.39, 0.29) is 24.0 Å². The van der Waals surface area contributed by atoms with E-state index in [1.165, 1.54) is 6.33 Å². The number of nitrogens with one attached hydrogen (secondary N) is 1. The van der Waals surface area contributed by atoms with Crippen LogP contribution in [0, 0.1) is 0 Å². The number of hydrogen-bond donors (Lipinski definition) is 2. The number of carbonyl (C=O) groups is 2. The van der Waals surface area contributed by atoms with E-state index >= 15 is 0 Å². The molecule has 3 fully saturated rings. The minimum Gasteiger partial charge on any atom is -0.383 e. The smallest absolute Gasteiger partial charge is 0.254 e. The number of nitrogen functional groups attached to an aromatic ring is 1. The maximum Gasteiger partial charge on any atom is 0.254 e. The van der Waals surface area contributed by atoms with Crippen molar-refractivity contribution in [1.82, 2.24) is 19.4 Å². The van der Waals surface area contributed by atoms with Gasteiger partial charge in [-0.2, -0.15) is 0 Å². The number of hydrogen-bond acceptors (Lipinski definition) is 6. The van der Waals surface area contributed by atoms with Gasteiger partial charge in [0.1, 0.15) is 17.8 Å². The Bertz CT molecular complexity index is 1600. The molecule has 39 heavy (non-hydrogen) atoms. The van der Waals surface area contributed by atoms with E-state index in [2.05, 4.69) is 21.9 Å². The van der Waals surface area contributed by atoms with Gasteiger partial charge >= 0.3 is 0 Å². The van der Waals surface area contributed by atoms with Gasteiger partial charge in [-0.15, -0.1) is 0 Å². The second kappa shape index (κ2) is 9.67. The summed E-state index contributed by atoms with van der Waals surface area (Å²) < 4.78 is 7.77. The standard InChI is InChI=1S/C30H30N6O3/c1-17(2)29(37)34-21-10-8-19(9-11-21)26-24(25-27(31)32-16-33-28(25)35(26)3)18-4-6-20(7-5-18)30(38)36-14-23-13-12-22(36)15-39-23/h4-11,16,22-23H,1,12-15H2,2-3H3,(H,34,37)(H2,31,32,33)/t22-,23-/m1/s1. The summed E-state index contributed by atoms with van der Waals surface area (Å²) in [5.41, 5.74) is 12.4. The Hall–Kier alpha value is -4.50. The highest BCUT2D eigenvalue weighted by Gasteiger charge is 2.37. The molecule has 0 unspecified atom stereocenters. The van der Waals surface area contributed by atoms with E-state index in [4.69, 9.17) is 10.5 Å². The molecule has 5 heterocycles. The van der Waals surface area contributed by atoms with Crippen LogP contribution < -0.4 is 11.1 Å². The molecule has 0 spiro atoms. The van der Waals surface area contributed by atoms with Gasteiger partial charge in [0.25, 0.3) is 11.8 Å². The Morgan fingerprint density at radius 2 is 1.77 bits per heavy atom. The molecule has 3 aliphatic heterocycles. The molecule has 3 aliphatic rings. The topological polar surface area (TPSA) is 115 Å². The van der Waals surface area contributed by atoms with Gasteiger partial charge in [0.05, 0.1) is 29.8 Å². The van der Waals surface area contributed by atoms with Crippen molar-refractivity contribution in [1.29, 1.82) is 0 Å². The lowest BCUT2D eigenvalue weighted by Crippen LogP contribution is -2.56. The maximum absolute atomic E-state index is 13.3. The zero-order valence-electron chi connectivity index (χ0n) is 22.0. The van der Waals surface area contributed by atoms with E-state index in [0.29, 0.717) is 41.4 Å². The molecule has 4 aromatic rings. The highest BCUT2D eigenvalue weighted by atomic mass is 16.5. The lowest BCUT2D eigenvalue weighted by molar-refractivity contribution is -0.112. The fourth-order valence-electron chi connectivity index (χ4n) is 5.59. The van der Waals surface area contributed by atoms with Crippen molar-refractivity contribution in [2.24, 2.45) is 7.05 Å². The molecule has 0 radical (unpaired) electrons. The maximum atomic E-state index is 13.3. The van der Waals surface area contributed by atoms with Crippen molar-refractivity contribution in [2.75, 3.05) is 24.2 Å². The zero-order valence-corrected chi connectivity index (χ0v) is 22.0. The minimum absolute atomic E-state index is 0.0351. The van der Waals surface area contributed by atoms with Crippen LogP contribution in [-0.4, -0.2) is 56.5 Å². The summed E-state index contributed by atoms with van der Waals surface area (Å²) in [7, 11) is 1.94. The second-order valence-electron chi connectivity index (χ2n) is 10.3. The van der Waals surface area contributed by atoms with Gasteiger partial charge in [-0.1, -0.05) is 30.8 Å². The van der Waals surface area contributed by atoms with Crippen LogP contribution in [-0.2, 0) is 16.6 Å². The van der Waals surface area contributed by atoms with Crippen LogP contribution in [0.2, 0.25) is 0 Å². The number of nitrogens with zero attached hydrogens (tertiary/aromatic N) is 4. The number of aryl methyl sites for hydroxylation is 1. The van der Waals surface area contributed by atoms with Crippen molar-refractivity contribution in [3.8, 4) is 22.4 Å². The first-order chi connectivity index (χ1) is 18.8. The summed E-state index contributed by atoms with van der Waals surface area (Å²) in [5.74, 6) is 0.190. The van der Waals surface area contributed by atoms with Crippen molar-refractivity contribution >= 4 is 34.4 Å². The van der Waals surface area contributed by atoms with Crippen LogP contribution >= 0.6 is 0 Å². The summed E-state index contributed by atoms with van der Waals surface area (Å²) >= 11 is 0. The predicted molar refractivity (Wildman–Crippen MR) is 151 cm³/mol. The number of amides is 2. The number of anilines is 2. The first-order valence-corrected chi connectivity index (χ1v) is 13.0. The molecule has 9 heteroatoms. The quantitative estimate of drug-likeness (QED) is 0.376. The Balaban J connectivity index is 1.39. The highest BCUT2D eigenvalue weighted by molar-refractivity contribution is 6.08. The number of rotatable bonds is 5. The molecule has 2 bridgehead atoms. The lowest BCUT2D eigenvalue weighted by Gasteiger charge is -2.45. The van der Waals surface area contributed by atoms with Gasteiger partial charge < -0.3 is 25.3 Å². The fourth-order valence-corrected chi connectivity index (χ4v) is 5.59. The first-order valence-electron chi connectivity index (χ1n) is 13.0. The van der Waals surface area contributed by atoms with Crippen molar-refractivity contribution < 1.29 is 14.3 Å². The molecule has 2 aromatic carbocycles. The van der Waals surface area contributed by atoms with Crippen LogP contribution in [0.3, 0.4) is 0 Å². The Labute approximate surface area is 226 Å². The van der Waals surface area contributed by atoms with Crippen LogP contribution in [0.4, 0.5) is 11.5 Å². The second-order valence-corrected chi connectivity index (χ2v) is 10.3. The molecular formula is C30H30N6O3. The summed E-state index contributed by atoms with van der Waals surface area (Å²) in [6, 6.07) is 15.4. The van der Waals surface area contributed by atoms with Gasteiger partial charge in [0, 0.05) is 36.0 Å². The number of ether oxygens (including phenoxy) is 1. The number of morpholine rings is 1. The Morgan fingerprint density at radius 1 is 1.05 bits per heavy atom. The van der Waals surface area contributed by atoms with E-state index in [9.17, 15) is 9.59 Å². The van der Waals surface area contributed by atoms with Crippen molar-refractivity contribution in [2.45, 2.75) is 31.9 Å². The van der Waals surface area contributed by atoms with Gasteiger partial charge in [-0.05, 0) is 55.2 Å². The third kappa shape index (κ3) is 4.34. The molecule has 2 atom stereocenters. The third-order valence-corrected chi connectivity index (χ3v) is 7.67. The van der Waals surface area contributed by atoms with E-state index in [0.717, 1.165) is 40.6 Å². The number of carbonyl (C=O) groups excluding carboxylic acids is 2. The minimum atomic E-state index is -0.226. The number of piperidine rings is 1. The molecule has 2 amide bonds. The average molecular weight is 523 g/mol. The number of aromatic nitrogens is 3. The molecule has 0 saturated carbocycles. The molecule has 3 N–H and O–H groups in total. The highest BCUT2D eigenvalue weighted by Crippen LogP contribution is 2.42. The molecule has 2 aromatic heterocycles. The average Bonchev–Trinajstić information content (AvgIpc) is 3.27. The third-order valence-electron chi connectivity index (χ3n) is 7.67. The van der Waals surface area contributed by atoms with E-state index in [1.54, 1.807) is 6.92 Å². The molecule has 198 valence electrons. The Kier molecular flexibility index (Phi) is 6.15. The molecule has 7 rings (SSSR count). The van der Waals surface area contributed by atoms with Gasteiger partial charge in [0.15, 0.2) is 0 Å². The monoisotopic (exact) mass is 522 g/mol. The molecule has 3 saturated heterocycles. The van der Waals surface area contributed by atoms with Crippen LogP contribution in [0.25, 0.3) is 33.4 Å². The molecule has 0 aliphatic carbocycles. The summed E-state index contributed by atoms with van der Waals surface area (Å²) in [4.78, 5) is 36.1. The summed E-state index contributed by atoms with van der Waals surface area (Å²) in [6.07, 6.45) is 3.60. The zero-order chi connectivity index (χ0) is 27.3. The summed E-state index contributed by atoms with van der Waals surface area (Å²) in [6.45, 7) is 6.62. The Morgan fingerprint density at radius 3 is 2.38 bits per heavy atom. The molecule has 9 nitrogen and oxygen atoms in total. The number of benzene rings is 2. The molecular weight excluding hydrogens is 492 g/mol. The van der Waals surface area contributed by atoms with Crippen LogP contribution in [0.1, 0.15) is 30.1 Å². The predicted octanol–water partition coefficient (Wildman–Crippen LogP) is 4.40. The van der Waals surface area contributed by atoms with Gasteiger partial charge in [-0.3, -0.25) is 9.59 Å². The fraction of sp³-hybridized carbons (Fsp3) is 0.267. The number of nitrogens with two attached hydrogens (primary N) is 1. The SMILES string of the molecule is C=C(C)C(=O)Nc1ccc(-c2c(-c3ccc(C(=O)N4C[C@H]5CC[C@@H]4CO5)cc3)c3c(N)ncnc3n2C)cc1. The van der Waals surface area contributed by atoms with Crippen LogP contribution in [0.5, 0.6) is 0 Å². The largest absolute Gasteiger partial charge is 0.383 e. The van der Waals surface area contributed by atoms with Gasteiger partial charge in [-0.25, -0.2) is 9.97 Å². The van der Waals surface area contributed by atoms with Crippen molar-refractivity contribution in [3.63, 3.8) is 0 Å².